The zero-order valence-electron chi connectivity index (χ0n) is 10.9. The Hall–Kier alpha value is -1.40. The third-order valence-electron chi connectivity index (χ3n) is 2.91. The van der Waals surface area contributed by atoms with Gasteiger partial charge in [0.15, 0.2) is 5.13 Å². The standard InChI is InChI=1S/C13H14BrN3OS/c1-6-10(4-9(14)5-11(6)15)12(18)17-13-16-7(2)8(3)19-13/h4-5H,15H2,1-3H3,(H,16,17,18). The molecule has 0 aliphatic carbocycles. The summed E-state index contributed by atoms with van der Waals surface area (Å²) in [6.45, 7) is 5.73. The zero-order chi connectivity index (χ0) is 14.2. The van der Waals surface area contributed by atoms with Crippen LogP contribution >= 0.6 is 27.3 Å². The van der Waals surface area contributed by atoms with Crippen molar-refractivity contribution in [2.24, 2.45) is 0 Å². The number of nitrogens with zero attached hydrogens (tertiary/aromatic N) is 1. The molecule has 1 heterocycles. The van der Waals surface area contributed by atoms with Gasteiger partial charge in [0.05, 0.1) is 5.69 Å². The van der Waals surface area contributed by atoms with Crippen molar-refractivity contribution in [3.63, 3.8) is 0 Å². The second kappa shape index (κ2) is 5.30. The summed E-state index contributed by atoms with van der Waals surface area (Å²) in [5, 5.41) is 3.42. The number of nitrogen functional groups attached to an aromatic ring is 1. The van der Waals surface area contributed by atoms with Gasteiger partial charge in [0.25, 0.3) is 5.91 Å². The van der Waals surface area contributed by atoms with Crippen LogP contribution in [0.2, 0.25) is 0 Å². The first kappa shape index (κ1) is 14.0. The van der Waals surface area contributed by atoms with Crippen LogP contribution < -0.4 is 11.1 Å². The van der Waals surface area contributed by atoms with Crippen LogP contribution in [0.3, 0.4) is 0 Å². The summed E-state index contributed by atoms with van der Waals surface area (Å²) in [7, 11) is 0. The van der Waals surface area contributed by atoms with E-state index >= 15 is 0 Å². The Bertz CT molecular complexity index is 632. The van der Waals surface area contributed by atoms with E-state index in [0.29, 0.717) is 16.4 Å². The molecule has 0 unspecified atom stereocenters. The smallest absolute Gasteiger partial charge is 0.257 e. The molecule has 2 rings (SSSR count). The highest BCUT2D eigenvalue weighted by atomic mass is 79.9. The molecule has 0 saturated carbocycles. The van der Waals surface area contributed by atoms with Crippen molar-refractivity contribution < 1.29 is 4.79 Å². The predicted octanol–water partition coefficient (Wildman–Crippen LogP) is 3.67. The van der Waals surface area contributed by atoms with E-state index in [9.17, 15) is 4.79 Å². The summed E-state index contributed by atoms with van der Waals surface area (Å²) >= 11 is 4.81. The number of hydrogen-bond donors (Lipinski definition) is 2. The van der Waals surface area contributed by atoms with E-state index in [2.05, 4.69) is 26.2 Å². The molecule has 1 amide bonds. The van der Waals surface area contributed by atoms with Gasteiger partial charge in [0, 0.05) is 20.6 Å². The van der Waals surface area contributed by atoms with Gasteiger partial charge in [0.1, 0.15) is 0 Å². The maximum atomic E-state index is 12.2. The molecule has 0 saturated heterocycles. The van der Waals surface area contributed by atoms with Crippen LogP contribution in [0.25, 0.3) is 0 Å². The molecule has 2 aromatic rings. The normalized spacial score (nSPS) is 10.5. The number of halogens is 1. The molecule has 0 fully saturated rings. The fourth-order valence-electron chi connectivity index (χ4n) is 1.63. The lowest BCUT2D eigenvalue weighted by Gasteiger charge is -2.08. The minimum Gasteiger partial charge on any atom is -0.398 e. The molecular formula is C13H14BrN3OS. The number of carbonyl (C=O) groups is 1. The first-order chi connectivity index (χ1) is 8.88. The molecule has 3 N–H and O–H groups in total. The van der Waals surface area contributed by atoms with E-state index in [-0.39, 0.29) is 5.91 Å². The molecule has 19 heavy (non-hydrogen) atoms. The Morgan fingerprint density at radius 2 is 2.05 bits per heavy atom. The molecule has 0 spiro atoms. The van der Waals surface area contributed by atoms with Crippen LogP contribution in [0.15, 0.2) is 16.6 Å². The summed E-state index contributed by atoms with van der Waals surface area (Å²) in [6, 6.07) is 3.54. The SMILES string of the molecule is Cc1nc(NC(=O)c2cc(Br)cc(N)c2C)sc1C. The minimum atomic E-state index is -0.195. The Balaban J connectivity index is 2.30. The lowest BCUT2D eigenvalue weighted by atomic mass is 10.1. The highest BCUT2D eigenvalue weighted by molar-refractivity contribution is 9.10. The fourth-order valence-corrected chi connectivity index (χ4v) is 2.91. The lowest BCUT2D eigenvalue weighted by Crippen LogP contribution is -2.14. The highest BCUT2D eigenvalue weighted by Crippen LogP contribution is 2.25. The van der Waals surface area contributed by atoms with Crippen molar-refractivity contribution in [1.82, 2.24) is 4.98 Å². The minimum absolute atomic E-state index is 0.195. The van der Waals surface area contributed by atoms with E-state index < -0.39 is 0 Å². The topological polar surface area (TPSA) is 68.0 Å². The number of carbonyl (C=O) groups excluding carboxylic acids is 1. The average Bonchev–Trinajstić information content (AvgIpc) is 2.62. The van der Waals surface area contributed by atoms with E-state index in [0.717, 1.165) is 20.6 Å². The van der Waals surface area contributed by atoms with Gasteiger partial charge < -0.3 is 5.73 Å². The Morgan fingerprint density at radius 1 is 1.37 bits per heavy atom. The van der Waals surface area contributed by atoms with Crippen LogP contribution in [0.4, 0.5) is 10.8 Å². The number of anilines is 2. The predicted molar refractivity (Wildman–Crippen MR) is 82.8 cm³/mol. The summed E-state index contributed by atoms with van der Waals surface area (Å²) in [4.78, 5) is 17.6. The van der Waals surface area contributed by atoms with E-state index in [1.165, 1.54) is 11.3 Å². The van der Waals surface area contributed by atoms with Gasteiger partial charge in [-0.3, -0.25) is 10.1 Å². The monoisotopic (exact) mass is 339 g/mol. The van der Waals surface area contributed by atoms with E-state index in [1.54, 1.807) is 12.1 Å². The Kier molecular flexibility index (Phi) is 3.91. The third-order valence-corrected chi connectivity index (χ3v) is 4.35. The van der Waals surface area contributed by atoms with Crippen molar-refractivity contribution in [3.8, 4) is 0 Å². The van der Waals surface area contributed by atoms with E-state index in [1.807, 2.05) is 20.8 Å². The quantitative estimate of drug-likeness (QED) is 0.820. The van der Waals surface area contributed by atoms with Gasteiger partial charge in [0.2, 0.25) is 0 Å². The average molecular weight is 340 g/mol. The number of thiazole rings is 1. The van der Waals surface area contributed by atoms with Gasteiger partial charge >= 0.3 is 0 Å². The molecule has 0 radical (unpaired) electrons. The highest BCUT2D eigenvalue weighted by Gasteiger charge is 2.14. The molecule has 4 nitrogen and oxygen atoms in total. The summed E-state index contributed by atoms with van der Waals surface area (Å²) in [5.41, 5.74) is 8.70. The zero-order valence-corrected chi connectivity index (χ0v) is 13.3. The molecule has 1 aromatic heterocycles. The number of nitrogens with one attached hydrogen (secondary N) is 1. The van der Waals surface area contributed by atoms with Gasteiger partial charge in [-0.05, 0) is 38.5 Å². The molecule has 1 aromatic carbocycles. The fraction of sp³-hybridized carbons (Fsp3) is 0.231. The van der Waals surface area contributed by atoms with Crippen molar-refractivity contribution >= 4 is 44.0 Å². The van der Waals surface area contributed by atoms with Gasteiger partial charge in [-0.15, -0.1) is 11.3 Å². The molecule has 6 heteroatoms. The van der Waals surface area contributed by atoms with Crippen LogP contribution in [0.5, 0.6) is 0 Å². The molecule has 0 aliphatic heterocycles. The maximum absolute atomic E-state index is 12.2. The van der Waals surface area contributed by atoms with Gasteiger partial charge in [-0.25, -0.2) is 4.98 Å². The van der Waals surface area contributed by atoms with Crippen LogP contribution in [0, 0.1) is 20.8 Å². The van der Waals surface area contributed by atoms with Gasteiger partial charge in [-0.1, -0.05) is 15.9 Å². The molecule has 0 aliphatic rings. The van der Waals surface area contributed by atoms with Crippen LogP contribution in [0.1, 0.15) is 26.5 Å². The largest absolute Gasteiger partial charge is 0.398 e. The maximum Gasteiger partial charge on any atom is 0.257 e. The Morgan fingerprint density at radius 3 is 2.63 bits per heavy atom. The van der Waals surface area contributed by atoms with Crippen molar-refractivity contribution in [1.29, 1.82) is 0 Å². The molecule has 0 bridgehead atoms. The van der Waals surface area contributed by atoms with Crippen molar-refractivity contribution in [3.05, 3.63) is 38.3 Å². The number of nitrogens with two attached hydrogens (primary N) is 1. The first-order valence-corrected chi connectivity index (χ1v) is 7.30. The first-order valence-electron chi connectivity index (χ1n) is 5.69. The number of aryl methyl sites for hydroxylation is 2. The van der Waals surface area contributed by atoms with Gasteiger partial charge in [-0.2, -0.15) is 0 Å². The summed E-state index contributed by atoms with van der Waals surface area (Å²) in [6.07, 6.45) is 0. The number of aromatic nitrogens is 1. The van der Waals surface area contributed by atoms with Crippen LogP contribution in [-0.2, 0) is 0 Å². The summed E-state index contributed by atoms with van der Waals surface area (Å²) < 4.78 is 0.784. The lowest BCUT2D eigenvalue weighted by molar-refractivity contribution is 0.102. The van der Waals surface area contributed by atoms with Crippen LogP contribution in [-0.4, -0.2) is 10.9 Å². The molecule has 0 atom stereocenters. The number of amides is 1. The molecule has 100 valence electrons. The van der Waals surface area contributed by atoms with Crippen molar-refractivity contribution in [2.75, 3.05) is 11.1 Å². The number of benzene rings is 1. The Labute approximate surface area is 124 Å². The molecular weight excluding hydrogens is 326 g/mol. The van der Waals surface area contributed by atoms with Crippen molar-refractivity contribution in [2.45, 2.75) is 20.8 Å². The number of hydrogen-bond acceptors (Lipinski definition) is 4. The van der Waals surface area contributed by atoms with E-state index in [4.69, 9.17) is 5.73 Å². The third kappa shape index (κ3) is 2.96. The second-order valence-electron chi connectivity index (χ2n) is 4.28. The summed E-state index contributed by atoms with van der Waals surface area (Å²) in [5.74, 6) is -0.195. The number of rotatable bonds is 2. The second-order valence-corrected chi connectivity index (χ2v) is 6.40.